The summed E-state index contributed by atoms with van der Waals surface area (Å²) >= 11 is 0. The maximum Gasteiger partial charge on any atom is 0.336 e. The van der Waals surface area contributed by atoms with E-state index >= 15 is 0 Å². The van der Waals surface area contributed by atoms with Crippen molar-refractivity contribution < 1.29 is 9.73 Å². The van der Waals surface area contributed by atoms with Gasteiger partial charge in [0, 0.05) is 29.0 Å². The van der Waals surface area contributed by atoms with E-state index in [0.717, 1.165) is 35.9 Å². The Bertz CT molecular complexity index is 912. The van der Waals surface area contributed by atoms with E-state index in [4.69, 9.17) is 4.42 Å². The van der Waals surface area contributed by atoms with Crippen LogP contribution < -0.4 is 10.9 Å². The van der Waals surface area contributed by atoms with Crippen LogP contribution in [0.2, 0.25) is 0 Å². The lowest BCUT2D eigenvalue weighted by Crippen LogP contribution is -2.83. The molecule has 0 aliphatic carbocycles. The highest BCUT2D eigenvalue weighted by Crippen LogP contribution is 2.21. The molecule has 25 heavy (non-hydrogen) atoms. The number of benzene rings is 2. The zero-order valence-electron chi connectivity index (χ0n) is 15.2. The van der Waals surface area contributed by atoms with Crippen molar-refractivity contribution in [2.45, 2.75) is 46.2 Å². The van der Waals surface area contributed by atoms with Crippen molar-refractivity contribution in [3.05, 3.63) is 81.2 Å². The Morgan fingerprint density at radius 3 is 2.48 bits per heavy atom. The third kappa shape index (κ3) is 3.99. The molecule has 3 heteroatoms. The Balaban J connectivity index is 1.91. The molecule has 0 amide bonds. The first-order valence-electron chi connectivity index (χ1n) is 9.00. The van der Waals surface area contributed by atoms with Gasteiger partial charge in [-0.2, -0.15) is 0 Å². The molecule has 0 radical (unpaired) electrons. The minimum Gasteiger partial charge on any atom is -0.423 e. The summed E-state index contributed by atoms with van der Waals surface area (Å²) < 4.78 is 5.41. The topological polar surface area (TPSA) is 46.8 Å². The molecule has 0 bridgehead atoms. The molecule has 2 aromatic carbocycles. The lowest BCUT2D eigenvalue weighted by Gasteiger charge is -2.16. The summed E-state index contributed by atoms with van der Waals surface area (Å²) in [5.41, 5.74) is 5.16. The van der Waals surface area contributed by atoms with Crippen LogP contribution in [0.4, 0.5) is 0 Å². The summed E-state index contributed by atoms with van der Waals surface area (Å²) in [5.74, 6) is 0. The third-order valence-electron chi connectivity index (χ3n) is 4.89. The van der Waals surface area contributed by atoms with Crippen LogP contribution in [0.3, 0.4) is 0 Å². The van der Waals surface area contributed by atoms with E-state index in [1.807, 2.05) is 19.1 Å². The summed E-state index contributed by atoms with van der Waals surface area (Å²) in [4.78, 5) is 12.0. The molecule has 3 nitrogen and oxygen atoms in total. The van der Waals surface area contributed by atoms with Crippen LogP contribution in [0.5, 0.6) is 0 Å². The fourth-order valence-corrected chi connectivity index (χ4v) is 3.35. The van der Waals surface area contributed by atoms with E-state index in [0.29, 0.717) is 11.6 Å². The SMILES string of the molecule is CCC[C@H]([NH2+]Cc1cc(=O)oc2cc(C)c(C)cc12)c1ccccc1. The normalized spacial score (nSPS) is 12.4. The van der Waals surface area contributed by atoms with Crippen molar-refractivity contribution in [3.8, 4) is 0 Å². The van der Waals surface area contributed by atoms with E-state index in [1.165, 1.54) is 11.1 Å². The largest absolute Gasteiger partial charge is 0.423 e. The van der Waals surface area contributed by atoms with Gasteiger partial charge in [-0.05, 0) is 37.1 Å². The van der Waals surface area contributed by atoms with Gasteiger partial charge in [-0.1, -0.05) is 43.7 Å². The number of quaternary nitrogens is 1. The molecule has 130 valence electrons. The van der Waals surface area contributed by atoms with Crippen LogP contribution in [-0.2, 0) is 6.54 Å². The molecule has 3 rings (SSSR count). The molecule has 0 unspecified atom stereocenters. The zero-order chi connectivity index (χ0) is 17.8. The van der Waals surface area contributed by atoms with Gasteiger partial charge >= 0.3 is 5.63 Å². The summed E-state index contributed by atoms with van der Waals surface area (Å²) in [6, 6.07) is 16.7. The Hall–Kier alpha value is -2.39. The van der Waals surface area contributed by atoms with E-state index in [2.05, 4.69) is 49.5 Å². The molecule has 1 heterocycles. The summed E-state index contributed by atoms with van der Waals surface area (Å²) in [5, 5.41) is 3.38. The quantitative estimate of drug-likeness (QED) is 0.691. The number of nitrogens with two attached hydrogens (primary N) is 1. The highest BCUT2D eigenvalue weighted by atomic mass is 16.4. The van der Waals surface area contributed by atoms with Gasteiger partial charge in [0.2, 0.25) is 0 Å². The first-order valence-corrected chi connectivity index (χ1v) is 9.00. The van der Waals surface area contributed by atoms with Crippen LogP contribution in [-0.4, -0.2) is 0 Å². The Morgan fingerprint density at radius 2 is 1.76 bits per heavy atom. The lowest BCUT2D eigenvalue weighted by atomic mass is 10.0. The maximum atomic E-state index is 12.0. The second-order valence-electron chi connectivity index (χ2n) is 6.77. The molecular formula is C22H26NO2+. The molecule has 0 saturated heterocycles. The van der Waals surface area contributed by atoms with E-state index in [9.17, 15) is 4.79 Å². The van der Waals surface area contributed by atoms with E-state index in [1.54, 1.807) is 6.07 Å². The van der Waals surface area contributed by atoms with Gasteiger partial charge in [0.1, 0.15) is 18.2 Å². The number of rotatable bonds is 6. The highest BCUT2D eigenvalue weighted by Gasteiger charge is 2.15. The van der Waals surface area contributed by atoms with Crippen molar-refractivity contribution in [3.63, 3.8) is 0 Å². The van der Waals surface area contributed by atoms with Gasteiger partial charge in [-0.15, -0.1) is 0 Å². The lowest BCUT2D eigenvalue weighted by molar-refractivity contribution is -0.711. The molecule has 0 aliphatic rings. The second kappa shape index (κ2) is 7.66. The van der Waals surface area contributed by atoms with Crippen molar-refractivity contribution in [2.75, 3.05) is 0 Å². The van der Waals surface area contributed by atoms with Crippen LogP contribution in [0.25, 0.3) is 11.0 Å². The predicted molar refractivity (Wildman–Crippen MR) is 102 cm³/mol. The minimum atomic E-state index is -0.272. The van der Waals surface area contributed by atoms with Crippen LogP contribution in [0.15, 0.2) is 57.7 Å². The first kappa shape index (κ1) is 17.4. The van der Waals surface area contributed by atoms with Crippen molar-refractivity contribution in [2.24, 2.45) is 0 Å². The molecule has 3 aromatic rings. The van der Waals surface area contributed by atoms with Crippen LogP contribution in [0.1, 0.15) is 48.1 Å². The molecule has 0 saturated carbocycles. The molecule has 1 aromatic heterocycles. The number of fused-ring (bicyclic) bond motifs is 1. The third-order valence-corrected chi connectivity index (χ3v) is 4.89. The number of hydrogen-bond donors (Lipinski definition) is 1. The van der Waals surface area contributed by atoms with Crippen molar-refractivity contribution >= 4 is 11.0 Å². The van der Waals surface area contributed by atoms with Crippen molar-refractivity contribution in [1.82, 2.24) is 0 Å². The predicted octanol–water partition coefficient (Wildman–Crippen LogP) is 4.01. The molecule has 0 spiro atoms. The summed E-state index contributed by atoms with van der Waals surface area (Å²) in [7, 11) is 0. The standard InChI is InChI=1S/C22H25NO2/c1-4-8-20(17-9-6-5-7-10-17)23-14-18-13-22(24)25-21-12-16(3)15(2)11-19(18)21/h5-7,9-13,20,23H,4,8,14H2,1-3H3/p+1/t20-/m0/s1. The van der Waals surface area contributed by atoms with Gasteiger partial charge in [0.05, 0.1) is 0 Å². The van der Waals surface area contributed by atoms with Gasteiger partial charge in [-0.3, -0.25) is 0 Å². The fourth-order valence-electron chi connectivity index (χ4n) is 3.35. The average Bonchev–Trinajstić information content (AvgIpc) is 2.60. The number of aryl methyl sites for hydroxylation is 2. The van der Waals surface area contributed by atoms with E-state index < -0.39 is 0 Å². The first-order chi connectivity index (χ1) is 12.1. The van der Waals surface area contributed by atoms with Crippen LogP contribution >= 0.6 is 0 Å². The van der Waals surface area contributed by atoms with Crippen molar-refractivity contribution in [1.29, 1.82) is 0 Å². The van der Waals surface area contributed by atoms with Crippen LogP contribution in [0, 0.1) is 13.8 Å². The Morgan fingerprint density at radius 1 is 1.04 bits per heavy atom. The second-order valence-corrected chi connectivity index (χ2v) is 6.77. The fraction of sp³-hybridized carbons (Fsp3) is 0.318. The monoisotopic (exact) mass is 336 g/mol. The maximum absolute atomic E-state index is 12.0. The minimum absolute atomic E-state index is 0.272. The summed E-state index contributed by atoms with van der Waals surface area (Å²) in [6.45, 7) is 7.12. The molecule has 1 atom stereocenters. The highest BCUT2D eigenvalue weighted by molar-refractivity contribution is 5.81. The molecule has 2 N–H and O–H groups in total. The number of hydrogen-bond acceptors (Lipinski definition) is 2. The van der Waals surface area contributed by atoms with Gasteiger partial charge in [0.15, 0.2) is 0 Å². The van der Waals surface area contributed by atoms with Gasteiger partial charge < -0.3 is 9.73 Å². The zero-order valence-corrected chi connectivity index (χ0v) is 15.2. The van der Waals surface area contributed by atoms with Gasteiger partial charge in [-0.25, -0.2) is 4.79 Å². The molecule has 0 aliphatic heterocycles. The Kier molecular flexibility index (Phi) is 5.34. The average molecular weight is 336 g/mol. The molecule has 0 fully saturated rings. The Labute approximate surface area is 148 Å². The van der Waals surface area contributed by atoms with Gasteiger partial charge in [0.25, 0.3) is 0 Å². The molecular weight excluding hydrogens is 310 g/mol. The smallest absolute Gasteiger partial charge is 0.336 e. The van der Waals surface area contributed by atoms with E-state index in [-0.39, 0.29) is 5.63 Å². The summed E-state index contributed by atoms with van der Waals surface area (Å²) in [6.07, 6.45) is 2.24.